The van der Waals surface area contributed by atoms with Crippen molar-refractivity contribution >= 4 is 11.6 Å². The van der Waals surface area contributed by atoms with Gasteiger partial charge in [0.05, 0.1) is 19.9 Å². The van der Waals surface area contributed by atoms with Crippen molar-refractivity contribution in [2.45, 2.75) is 26.6 Å². The van der Waals surface area contributed by atoms with Crippen LogP contribution in [0.25, 0.3) is 11.5 Å². The molecule has 27 heavy (non-hydrogen) atoms. The number of nitrogens with one attached hydrogen (secondary N) is 1. The first-order valence-corrected chi connectivity index (χ1v) is 8.63. The molecular formula is C21H22N2O4. The lowest BCUT2D eigenvalue weighted by molar-refractivity contribution is -0.127. The van der Waals surface area contributed by atoms with E-state index in [1.165, 1.54) is 0 Å². The highest BCUT2D eigenvalue weighted by Gasteiger charge is 2.15. The van der Waals surface area contributed by atoms with Crippen molar-refractivity contribution < 1.29 is 18.7 Å². The van der Waals surface area contributed by atoms with Crippen molar-refractivity contribution in [3.63, 3.8) is 0 Å². The van der Waals surface area contributed by atoms with Crippen LogP contribution >= 0.6 is 0 Å². The Hall–Kier alpha value is -3.12. The van der Waals surface area contributed by atoms with Gasteiger partial charge < -0.3 is 19.2 Å². The van der Waals surface area contributed by atoms with Crippen molar-refractivity contribution in [3.05, 3.63) is 66.1 Å². The van der Waals surface area contributed by atoms with Gasteiger partial charge in [-0.05, 0) is 49.7 Å². The predicted molar refractivity (Wildman–Crippen MR) is 103 cm³/mol. The number of anilines is 1. The number of carbonyl (C=O) groups is 1. The Kier molecular flexibility index (Phi) is 5.88. The summed E-state index contributed by atoms with van der Waals surface area (Å²) in [4.78, 5) is 16.6. The molecule has 0 bridgehead atoms. The molecule has 0 fully saturated rings. The summed E-state index contributed by atoms with van der Waals surface area (Å²) in [6, 6.07) is 14.9. The molecule has 0 saturated carbocycles. The second-order valence-electron chi connectivity index (χ2n) is 6.15. The highest BCUT2D eigenvalue weighted by Crippen LogP contribution is 2.22. The van der Waals surface area contributed by atoms with Gasteiger partial charge >= 0.3 is 0 Å². The van der Waals surface area contributed by atoms with Crippen LogP contribution in [0, 0.1) is 6.92 Å². The summed E-state index contributed by atoms with van der Waals surface area (Å²) in [5.41, 5.74) is 2.39. The maximum Gasteiger partial charge on any atom is 0.253 e. The number of aryl methyl sites for hydroxylation is 1. The number of benzene rings is 2. The number of ether oxygens (including phenoxy) is 2. The molecular weight excluding hydrogens is 344 g/mol. The van der Waals surface area contributed by atoms with Crippen LogP contribution in [0.1, 0.15) is 18.2 Å². The van der Waals surface area contributed by atoms with E-state index in [4.69, 9.17) is 13.9 Å². The van der Waals surface area contributed by atoms with Gasteiger partial charge in [-0.2, -0.15) is 0 Å². The monoisotopic (exact) mass is 366 g/mol. The Bertz CT molecular complexity index is 920. The first kappa shape index (κ1) is 18.7. The molecule has 0 aliphatic heterocycles. The number of amides is 1. The Morgan fingerprint density at radius 3 is 2.78 bits per heavy atom. The molecule has 6 nitrogen and oxygen atoms in total. The van der Waals surface area contributed by atoms with Gasteiger partial charge in [0.2, 0.25) is 5.89 Å². The topological polar surface area (TPSA) is 73.6 Å². The minimum atomic E-state index is -0.608. The highest BCUT2D eigenvalue weighted by molar-refractivity contribution is 5.94. The zero-order valence-electron chi connectivity index (χ0n) is 15.6. The second-order valence-corrected chi connectivity index (χ2v) is 6.15. The van der Waals surface area contributed by atoms with Crippen molar-refractivity contribution in [2.75, 3.05) is 12.4 Å². The van der Waals surface area contributed by atoms with Gasteiger partial charge in [0, 0.05) is 11.3 Å². The first-order valence-electron chi connectivity index (χ1n) is 8.63. The van der Waals surface area contributed by atoms with Crippen LogP contribution in [0.5, 0.6) is 5.75 Å². The first-order chi connectivity index (χ1) is 13.0. The summed E-state index contributed by atoms with van der Waals surface area (Å²) in [6.45, 7) is 3.88. The normalized spacial score (nSPS) is 11.8. The molecule has 3 aromatic rings. The van der Waals surface area contributed by atoms with Crippen LogP contribution in [0.4, 0.5) is 5.69 Å². The number of methoxy groups -OCH3 is 1. The fourth-order valence-corrected chi connectivity index (χ4v) is 2.52. The molecule has 6 heteroatoms. The number of hydrogen-bond acceptors (Lipinski definition) is 5. The lowest BCUT2D eigenvalue weighted by atomic mass is 10.2. The molecule has 3 rings (SSSR count). The SMILES string of the molecule is COc1cccc(COC(C)C(=O)Nc2cccc(-c3ncc(C)o3)c2)c1. The minimum absolute atomic E-state index is 0.223. The fourth-order valence-electron chi connectivity index (χ4n) is 2.52. The summed E-state index contributed by atoms with van der Waals surface area (Å²) < 4.78 is 16.4. The molecule has 0 saturated heterocycles. The predicted octanol–water partition coefficient (Wildman–Crippen LogP) is 4.20. The Labute approximate surface area is 158 Å². The van der Waals surface area contributed by atoms with Crippen molar-refractivity contribution in [1.82, 2.24) is 4.98 Å². The standard InChI is InChI=1S/C21H22N2O4/c1-14-12-22-21(27-14)17-7-5-8-18(11-17)23-20(24)15(2)26-13-16-6-4-9-19(10-16)25-3/h4-12,15H,13H2,1-3H3,(H,23,24). The molecule has 140 valence electrons. The van der Waals surface area contributed by atoms with Gasteiger partial charge in [0.25, 0.3) is 5.91 Å². The lowest BCUT2D eigenvalue weighted by Crippen LogP contribution is -2.27. The molecule has 1 heterocycles. The molecule has 2 aromatic carbocycles. The number of oxazole rings is 1. The van der Waals surface area contributed by atoms with Gasteiger partial charge in [-0.25, -0.2) is 4.98 Å². The molecule has 1 unspecified atom stereocenters. The van der Waals surface area contributed by atoms with Crippen molar-refractivity contribution in [1.29, 1.82) is 0 Å². The molecule has 1 amide bonds. The van der Waals surface area contributed by atoms with E-state index in [0.717, 1.165) is 22.6 Å². The van der Waals surface area contributed by atoms with Crippen LogP contribution in [-0.2, 0) is 16.1 Å². The molecule has 1 atom stereocenters. The van der Waals surface area contributed by atoms with E-state index < -0.39 is 6.10 Å². The van der Waals surface area contributed by atoms with E-state index in [1.54, 1.807) is 20.2 Å². The average molecular weight is 366 g/mol. The Morgan fingerprint density at radius 1 is 1.22 bits per heavy atom. The van der Waals surface area contributed by atoms with Crippen LogP contribution < -0.4 is 10.1 Å². The molecule has 0 aliphatic carbocycles. The summed E-state index contributed by atoms with van der Waals surface area (Å²) in [6.07, 6.45) is 1.05. The van der Waals surface area contributed by atoms with E-state index in [0.29, 0.717) is 18.2 Å². The third-order valence-electron chi connectivity index (χ3n) is 4.00. The highest BCUT2D eigenvalue weighted by atomic mass is 16.5. The molecule has 0 spiro atoms. The van der Waals surface area contributed by atoms with Crippen LogP contribution in [-0.4, -0.2) is 24.1 Å². The largest absolute Gasteiger partial charge is 0.497 e. The zero-order valence-corrected chi connectivity index (χ0v) is 15.6. The third-order valence-corrected chi connectivity index (χ3v) is 4.00. The lowest BCUT2D eigenvalue weighted by Gasteiger charge is -2.14. The van der Waals surface area contributed by atoms with Crippen LogP contribution in [0.2, 0.25) is 0 Å². The number of nitrogens with zero attached hydrogens (tertiary/aromatic N) is 1. The minimum Gasteiger partial charge on any atom is -0.497 e. The molecule has 0 aliphatic rings. The van der Waals surface area contributed by atoms with E-state index in [2.05, 4.69) is 10.3 Å². The molecule has 1 N–H and O–H groups in total. The smallest absolute Gasteiger partial charge is 0.253 e. The van der Waals surface area contributed by atoms with E-state index in [-0.39, 0.29) is 5.91 Å². The quantitative estimate of drug-likeness (QED) is 0.678. The molecule has 1 aromatic heterocycles. The van der Waals surface area contributed by atoms with E-state index >= 15 is 0 Å². The van der Waals surface area contributed by atoms with E-state index in [9.17, 15) is 4.79 Å². The maximum atomic E-state index is 12.4. The zero-order chi connectivity index (χ0) is 19.2. The summed E-state index contributed by atoms with van der Waals surface area (Å²) in [7, 11) is 1.61. The van der Waals surface area contributed by atoms with Gasteiger partial charge in [-0.15, -0.1) is 0 Å². The van der Waals surface area contributed by atoms with Gasteiger partial charge in [-0.1, -0.05) is 18.2 Å². The Morgan fingerprint density at radius 2 is 2.04 bits per heavy atom. The number of aromatic nitrogens is 1. The number of hydrogen-bond donors (Lipinski definition) is 1. The summed E-state index contributed by atoms with van der Waals surface area (Å²) >= 11 is 0. The molecule has 0 radical (unpaired) electrons. The van der Waals surface area contributed by atoms with Crippen LogP contribution in [0.3, 0.4) is 0 Å². The summed E-state index contributed by atoms with van der Waals surface area (Å²) in [5, 5.41) is 2.86. The van der Waals surface area contributed by atoms with Crippen molar-refractivity contribution in [3.8, 4) is 17.2 Å². The number of rotatable bonds is 7. The second kappa shape index (κ2) is 8.51. The van der Waals surface area contributed by atoms with Crippen molar-refractivity contribution in [2.24, 2.45) is 0 Å². The van der Waals surface area contributed by atoms with Crippen LogP contribution in [0.15, 0.2) is 59.1 Å². The fraction of sp³-hybridized carbons (Fsp3) is 0.238. The van der Waals surface area contributed by atoms with Gasteiger partial charge in [-0.3, -0.25) is 4.79 Å². The van der Waals surface area contributed by atoms with Gasteiger partial charge in [0.15, 0.2) is 0 Å². The third kappa shape index (κ3) is 4.95. The van der Waals surface area contributed by atoms with Gasteiger partial charge in [0.1, 0.15) is 17.6 Å². The number of carbonyl (C=O) groups excluding carboxylic acids is 1. The van der Waals surface area contributed by atoms with E-state index in [1.807, 2.05) is 55.5 Å². The summed E-state index contributed by atoms with van der Waals surface area (Å²) in [5.74, 6) is 1.79. The Balaban J connectivity index is 1.59. The average Bonchev–Trinajstić information content (AvgIpc) is 3.13. The maximum absolute atomic E-state index is 12.4.